The molecule has 84 valence electrons. The van der Waals surface area contributed by atoms with Gasteiger partial charge >= 0.3 is 7.82 Å². The first-order valence-electron chi connectivity index (χ1n) is 4.37. The van der Waals surface area contributed by atoms with E-state index in [1.807, 2.05) is 0 Å². The Morgan fingerprint density at radius 2 is 1.93 bits per heavy atom. The molecule has 0 radical (unpaired) electrons. The lowest BCUT2D eigenvalue weighted by Gasteiger charge is -2.16. The number of aliphatic hydroxyl groups is 2. The van der Waals surface area contributed by atoms with Gasteiger partial charge in [0.15, 0.2) is 0 Å². The summed E-state index contributed by atoms with van der Waals surface area (Å²) in [5.41, 5.74) is 0. The van der Waals surface area contributed by atoms with E-state index in [0.29, 0.717) is 6.42 Å². The summed E-state index contributed by atoms with van der Waals surface area (Å²) in [7, 11) is -4.48. The Bertz CT molecular complexity index is 238. The maximum atomic E-state index is 10.4. The predicted octanol–water partition coefficient (Wildman–Crippen LogP) is -0.527. The Labute approximate surface area is 81.8 Å². The zero-order valence-electron chi connectivity index (χ0n) is 7.78. The van der Waals surface area contributed by atoms with Gasteiger partial charge in [0.25, 0.3) is 0 Å². The summed E-state index contributed by atoms with van der Waals surface area (Å²) in [6, 6.07) is 0. The Morgan fingerprint density at radius 1 is 1.36 bits per heavy atom. The van der Waals surface area contributed by atoms with Crippen molar-refractivity contribution in [2.45, 2.75) is 25.6 Å². The maximum Gasteiger partial charge on any atom is 0.469 e. The van der Waals surface area contributed by atoms with Crippen LogP contribution < -0.4 is 0 Å². The third-order valence-electron chi connectivity index (χ3n) is 2.55. The summed E-state index contributed by atoms with van der Waals surface area (Å²) in [5, 5.41) is 18.8. The van der Waals surface area contributed by atoms with Gasteiger partial charge in [0, 0.05) is 5.92 Å². The number of hydrogen-bond acceptors (Lipinski definition) is 4. The quantitative estimate of drug-likeness (QED) is 0.482. The normalized spacial score (nSPS) is 38.9. The first kappa shape index (κ1) is 12.1. The van der Waals surface area contributed by atoms with Gasteiger partial charge in [-0.1, -0.05) is 6.92 Å². The summed E-state index contributed by atoms with van der Waals surface area (Å²) in [6.07, 6.45) is -1.29. The van der Waals surface area contributed by atoms with Crippen molar-refractivity contribution in [3.8, 4) is 0 Å². The molecule has 4 unspecified atom stereocenters. The molecule has 1 saturated carbocycles. The summed E-state index contributed by atoms with van der Waals surface area (Å²) >= 11 is 0. The van der Waals surface area contributed by atoms with Crippen LogP contribution in [0.2, 0.25) is 0 Å². The third kappa shape index (κ3) is 3.02. The van der Waals surface area contributed by atoms with Gasteiger partial charge in [-0.25, -0.2) is 4.57 Å². The molecule has 1 aliphatic carbocycles. The van der Waals surface area contributed by atoms with Crippen molar-refractivity contribution in [2.24, 2.45) is 11.8 Å². The van der Waals surface area contributed by atoms with Crippen molar-refractivity contribution in [1.82, 2.24) is 0 Å². The van der Waals surface area contributed by atoms with Crippen LogP contribution in [-0.4, -0.2) is 38.8 Å². The molecule has 14 heavy (non-hydrogen) atoms. The molecular weight excluding hydrogens is 211 g/mol. The highest BCUT2D eigenvalue weighted by molar-refractivity contribution is 7.46. The molecule has 7 heteroatoms. The van der Waals surface area contributed by atoms with Gasteiger partial charge < -0.3 is 20.0 Å². The Balaban J connectivity index is 2.44. The minimum Gasteiger partial charge on any atom is -0.390 e. The first-order valence-corrected chi connectivity index (χ1v) is 5.90. The van der Waals surface area contributed by atoms with E-state index in [2.05, 4.69) is 4.52 Å². The second kappa shape index (κ2) is 4.26. The number of aliphatic hydroxyl groups excluding tert-OH is 2. The summed E-state index contributed by atoms with van der Waals surface area (Å²) in [5.74, 6) is -0.483. The van der Waals surface area contributed by atoms with Crippen LogP contribution in [0, 0.1) is 11.8 Å². The van der Waals surface area contributed by atoms with E-state index in [-0.39, 0.29) is 12.5 Å². The van der Waals surface area contributed by atoms with Gasteiger partial charge in [0.1, 0.15) is 0 Å². The molecule has 1 aliphatic rings. The van der Waals surface area contributed by atoms with Crippen molar-refractivity contribution in [1.29, 1.82) is 0 Å². The Hall–Kier alpha value is 0.0300. The lowest BCUT2D eigenvalue weighted by Crippen LogP contribution is -2.29. The van der Waals surface area contributed by atoms with Crippen molar-refractivity contribution >= 4 is 7.82 Å². The monoisotopic (exact) mass is 226 g/mol. The average Bonchev–Trinajstić information content (AvgIpc) is 2.28. The average molecular weight is 226 g/mol. The summed E-state index contributed by atoms with van der Waals surface area (Å²) in [4.78, 5) is 16.9. The van der Waals surface area contributed by atoms with Crippen LogP contribution in [0.5, 0.6) is 0 Å². The topological polar surface area (TPSA) is 107 Å². The molecule has 4 atom stereocenters. The van der Waals surface area contributed by atoms with Crippen LogP contribution in [0.3, 0.4) is 0 Å². The van der Waals surface area contributed by atoms with E-state index in [1.165, 1.54) is 0 Å². The minimum absolute atomic E-state index is 0.0737. The summed E-state index contributed by atoms with van der Waals surface area (Å²) < 4.78 is 14.7. The molecule has 4 N–H and O–H groups in total. The van der Waals surface area contributed by atoms with Crippen LogP contribution in [-0.2, 0) is 9.09 Å². The van der Waals surface area contributed by atoms with Crippen molar-refractivity contribution in [3.05, 3.63) is 0 Å². The molecule has 1 rings (SSSR count). The molecule has 0 aromatic carbocycles. The highest BCUT2D eigenvalue weighted by Gasteiger charge is 2.39. The fourth-order valence-electron chi connectivity index (χ4n) is 1.73. The molecular formula is C7H15O6P. The number of phosphoric ester groups is 1. The zero-order chi connectivity index (χ0) is 10.9. The van der Waals surface area contributed by atoms with Crippen LogP contribution in [0.1, 0.15) is 13.3 Å². The molecule has 6 nitrogen and oxygen atoms in total. The van der Waals surface area contributed by atoms with Gasteiger partial charge in [-0.05, 0) is 12.3 Å². The van der Waals surface area contributed by atoms with E-state index >= 15 is 0 Å². The van der Waals surface area contributed by atoms with Gasteiger partial charge in [-0.3, -0.25) is 4.52 Å². The Kier molecular flexibility index (Phi) is 3.69. The predicted molar refractivity (Wildman–Crippen MR) is 47.3 cm³/mol. The van der Waals surface area contributed by atoms with E-state index in [1.54, 1.807) is 6.92 Å². The highest BCUT2D eigenvalue weighted by Crippen LogP contribution is 2.39. The molecule has 0 aromatic rings. The van der Waals surface area contributed by atoms with Crippen molar-refractivity contribution < 1.29 is 29.1 Å². The SMILES string of the molecule is CC1CC(COP(=O)(O)O)C(O)C1O. The van der Waals surface area contributed by atoms with Crippen LogP contribution in [0.25, 0.3) is 0 Å². The smallest absolute Gasteiger partial charge is 0.390 e. The van der Waals surface area contributed by atoms with E-state index in [0.717, 1.165) is 0 Å². The molecule has 0 heterocycles. The van der Waals surface area contributed by atoms with Crippen LogP contribution in [0.4, 0.5) is 0 Å². The third-order valence-corrected chi connectivity index (χ3v) is 3.03. The highest BCUT2D eigenvalue weighted by atomic mass is 31.2. The fourth-order valence-corrected chi connectivity index (χ4v) is 2.12. The van der Waals surface area contributed by atoms with E-state index in [9.17, 15) is 14.8 Å². The van der Waals surface area contributed by atoms with Crippen LogP contribution in [0.15, 0.2) is 0 Å². The number of hydrogen-bond donors (Lipinski definition) is 4. The lowest BCUT2D eigenvalue weighted by molar-refractivity contribution is -0.00370. The zero-order valence-corrected chi connectivity index (χ0v) is 8.67. The largest absolute Gasteiger partial charge is 0.469 e. The van der Waals surface area contributed by atoms with Crippen molar-refractivity contribution in [2.75, 3.05) is 6.61 Å². The maximum absolute atomic E-state index is 10.4. The molecule has 0 saturated heterocycles. The second-order valence-electron chi connectivity index (χ2n) is 3.74. The van der Waals surface area contributed by atoms with Crippen LogP contribution >= 0.6 is 7.82 Å². The lowest BCUT2D eigenvalue weighted by atomic mass is 10.1. The minimum atomic E-state index is -4.48. The van der Waals surface area contributed by atoms with Gasteiger partial charge in [-0.15, -0.1) is 0 Å². The Morgan fingerprint density at radius 3 is 2.29 bits per heavy atom. The van der Waals surface area contributed by atoms with E-state index < -0.39 is 25.9 Å². The summed E-state index contributed by atoms with van der Waals surface area (Å²) in [6.45, 7) is 1.54. The molecule has 0 bridgehead atoms. The first-order chi connectivity index (χ1) is 6.31. The molecule has 0 aliphatic heterocycles. The van der Waals surface area contributed by atoms with Gasteiger partial charge in [0.05, 0.1) is 18.8 Å². The van der Waals surface area contributed by atoms with E-state index in [4.69, 9.17) is 9.79 Å². The molecule has 0 spiro atoms. The van der Waals surface area contributed by atoms with Gasteiger partial charge in [-0.2, -0.15) is 0 Å². The molecule has 1 fully saturated rings. The fraction of sp³-hybridized carbons (Fsp3) is 1.00. The van der Waals surface area contributed by atoms with Gasteiger partial charge in [0.2, 0.25) is 0 Å². The molecule has 0 aromatic heterocycles. The van der Waals surface area contributed by atoms with Crippen molar-refractivity contribution in [3.63, 3.8) is 0 Å². The standard InChI is InChI=1S/C7H15O6P/c1-4-2-5(7(9)6(4)8)3-13-14(10,11)12/h4-9H,2-3H2,1H3,(H2,10,11,12). The molecule has 0 amide bonds. The number of phosphoric acid groups is 1. The number of rotatable bonds is 3. The second-order valence-corrected chi connectivity index (χ2v) is 4.98.